The summed E-state index contributed by atoms with van der Waals surface area (Å²) in [4.78, 5) is 15.0. The molecule has 0 saturated carbocycles. The number of β-lactam (4-membered cyclic amide) rings is 1. The van der Waals surface area contributed by atoms with Crippen molar-refractivity contribution in [2.24, 2.45) is 0 Å². The number of hydrogen-bond acceptors (Lipinski definition) is 4. The SMILES string of the molecule is COc1ccc(CCN2C(=O)C(Oc3ccccc3C)C2c2ccccc2Cl)cc1OC. The summed E-state index contributed by atoms with van der Waals surface area (Å²) in [6.45, 7) is 2.51. The summed E-state index contributed by atoms with van der Waals surface area (Å²) >= 11 is 6.51. The summed E-state index contributed by atoms with van der Waals surface area (Å²) in [6, 6.07) is 20.9. The van der Waals surface area contributed by atoms with E-state index in [4.69, 9.17) is 25.8 Å². The van der Waals surface area contributed by atoms with E-state index in [2.05, 4.69) is 0 Å². The lowest BCUT2D eigenvalue weighted by atomic mass is 9.89. The Morgan fingerprint density at radius 1 is 0.906 bits per heavy atom. The molecule has 166 valence electrons. The van der Waals surface area contributed by atoms with Gasteiger partial charge in [0.05, 0.1) is 14.2 Å². The van der Waals surface area contributed by atoms with E-state index in [0.29, 0.717) is 35.2 Å². The third-order valence-electron chi connectivity index (χ3n) is 5.81. The lowest BCUT2D eigenvalue weighted by Crippen LogP contribution is -2.61. The quantitative estimate of drug-likeness (QED) is 0.439. The molecule has 2 atom stereocenters. The van der Waals surface area contributed by atoms with Crippen molar-refractivity contribution in [3.05, 3.63) is 88.4 Å². The fourth-order valence-electron chi connectivity index (χ4n) is 4.04. The maximum Gasteiger partial charge on any atom is 0.266 e. The maximum absolute atomic E-state index is 13.1. The number of aryl methyl sites for hydroxylation is 1. The number of nitrogens with zero attached hydrogens (tertiary/aromatic N) is 1. The number of carbonyl (C=O) groups excluding carboxylic acids is 1. The molecule has 0 aliphatic carbocycles. The van der Waals surface area contributed by atoms with Crippen LogP contribution < -0.4 is 14.2 Å². The Morgan fingerprint density at radius 2 is 1.62 bits per heavy atom. The third kappa shape index (κ3) is 4.26. The second-order valence-corrected chi connectivity index (χ2v) is 8.15. The molecule has 0 bridgehead atoms. The number of benzene rings is 3. The number of methoxy groups -OCH3 is 2. The van der Waals surface area contributed by atoms with Crippen molar-refractivity contribution in [3.8, 4) is 17.2 Å². The molecular formula is C26H26ClNO4. The Balaban J connectivity index is 1.56. The number of para-hydroxylation sites is 1. The van der Waals surface area contributed by atoms with Gasteiger partial charge in [-0.1, -0.05) is 54.1 Å². The van der Waals surface area contributed by atoms with Crippen LogP contribution in [0.5, 0.6) is 17.2 Å². The van der Waals surface area contributed by atoms with Crippen LogP contribution in [0.15, 0.2) is 66.7 Å². The molecule has 1 aliphatic heterocycles. The zero-order chi connectivity index (χ0) is 22.7. The zero-order valence-corrected chi connectivity index (χ0v) is 19.1. The van der Waals surface area contributed by atoms with Gasteiger partial charge in [0.1, 0.15) is 11.8 Å². The second-order valence-electron chi connectivity index (χ2n) is 7.74. The summed E-state index contributed by atoms with van der Waals surface area (Å²) in [5.41, 5.74) is 2.93. The molecule has 2 unspecified atom stereocenters. The minimum atomic E-state index is -0.610. The van der Waals surface area contributed by atoms with Gasteiger partial charge < -0.3 is 19.1 Å². The minimum absolute atomic E-state index is 0.0429. The van der Waals surface area contributed by atoms with Crippen molar-refractivity contribution in [2.75, 3.05) is 20.8 Å². The number of likely N-dealkylation sites (tertiary alicyclic amines) is 1. The molecule has 4 rings (SSSR count). The largest absolute Gasteiger partial charge is 0.493 e. The normalized spacial score (nSPS) is 17.6. The van der Waals surface area contributed by atoms with Crippen LogP contribution in [0, 0.1) is 6.92 Å². The Labute approximate surface area is 193 Å². The molecule has 5 nitrogen and oxygen atoms in total. The first-order chi connectivity index (χ1) is 15.5. The van der Waals surface area contributed by atoms with Crippen LogP contribution in [0.2, 0.25) is 5.02 Å². The lowest BCUT2D eigenvalue weighted by Gasteiger charge is -2.47. The first-order valence-corrected chi connectivity index (χ1v) is 10.9. The van der Waals surface area contributed by atoms with Crippen molar-refractivity contribution in [3.63, 3.8) is 0 Å². The van der Waals surface area contributed by atoms with Crippen LogP contribution in [-0.4, -0.2) is 37.7 Å². The highest BCUT2D eigenvalue weighted by Gasteiger charge is 2.50. The predicted molar refractivity (Wildman–Crippen MR) is 125 cm³/mol. The van der Waals surface area contributed by atoms with Crippen LogP contribution in [0.4, 0.5) is 0 Å². The summed E-state index contributed by atoms with van der Waals surface area (Å²) in [7, 11) is 3.22. The van der Waals surface area contributed by atoms with Crippen molar-refractivity contribution in [1.29, 1.82) is 0 Å². The lowest BCUT2D eigenvalue weighted by molar-refractivity contribution is -0.164. The summed E-state index contributed by atoms with van der Waals surface area (Å²) < 4.78 is 16.9. The summed E-state index contributed by atoms with van der Waals surface area (Å²) in [5, 5.41) is 0.625. The van der Waals surface area contributed by atoms with Gasteiger partial charge in [0.15, 0.2) is 11.5 Å². The highest BCUT2D eigenvalue weighted by Crippen LogP contribution is 2.41. The smallest absolute Gasteiger partial charge is 0.266 e. The molecule has 1 heterocycles. The number of carbonyl (C=O) groups is 1. The monoisotopic (exact) mass is 451 g/mol. The van der Waals surface area contributed by atoms with Crippen LogP contribution in [0.1, 0.15) is 22.7 Å². The molecule has 32 heavy (non-hydrogen) atoms. The average molecular weight is 452 g/mol. The Bertz CT molecular complexity index is 1120. The maximum atomic E-state index is 13.1. The molecule has 1 saturated heterocycles. The summed E-state index contributed by atoms with van der Waals surface area (Å²) in [6.07, 6.45) is 0.0610. The molecule has 1 amide bonds. The Morgan fingerprint density at radius 3 is 2.34 bits per heavy atom. The topological polar surface area (TPSA) is 48.0 Å². The molecule has 0 N–H and O–H groups in total. The van der Waals surface area contributed by atoms with Crippen LogP contribution in [0.3, 0.4) is 0 Å². The number of ether oxygens (including phenoxy) is 3. The minimum Gasteiger partial charge on any atom is -0.493 e. The molecule has 0 spiro atoms. The Kier molecular flexibility index (Phi) is 6.56. The fourth-order valence-corrected chi connectivity index (χ4v) is 4.29. The summed E-state index contributed by atoms with van der Waals surface area (Å²) in [5.74, 6) is 2.02. The van der Waals surface area contributed by atoms with Gasteiger partial charge >= 0.3 is 0 Å². The molecule has 0 aromatic heterocycles. The molecule has 6 heteroatoms. The van der Waals surface area contributed by atoms with Gasteiger partial charge in [0.25, 0.3) is 5.91 Å². The van der Waals surface area contributed by atoms with Gasteiger partial charge in [-0.15, -0.1) is 0 Å². The second kappa shape index (κ2) is 9.53. The number of halogens is 1. The molecule has 3 aromatic carbocycles. The molecule has 3 aromatic rings. The number of hydrogen-bond donors (Lipinski definition) is 0. The third-order valence-corrected chi connectivity index (χ3v) is 6.15. The highest BCUT2D eigenvalue weighted by molar-refractivity contribution is 6.31. The van der Waals surface area contributed by atoms with E-state index >= 15 is 0 Å². The average Bonchev–Trinajstić information content (AvgIpc) is 2.81. The van der Waals surface area contributed by atoms with E-state index in [1.807, 2.05) is 78.6 Å². The van der Waals surface area contributed by atoms with Crippen molar-refractivity contribution >= 4 is 17.5 Å². The van der Waals surface area contributed by atoms with Crippen LogP contribution in [0.25, 0.3) is 0 Å². The molecular weight excluding hydrogens is 426 g/mol. The van der Waals surface area contributed by atoms with E-state index in [9.17, 15) is 4.79 Å². The van der Waals surface area contributed by atoms with Crippen LogP contribution in [-0.2, 0) is 11.2 Å². The zero-order valence-electron chi connectivity index (χ0n) is 18.4. The fraction of sp³-hybridized carbons (Fsp3) is 0.269. The van der Waals surface area contributed by atoms with Gasteiger partial charge in [-0.2, -0.15) is 0 Å². The molecule has 1 aliphatic rings. The molecule has 0 radical (unpaired) electrons. The highest BCUT2D eigenvalue weighted by atomic mass is 35.5. The van der Waals surface area contributed by atoms with Crippen LogP contribution >= 0.6 is 11.6 Å². The predicted octanol–water partition coefficient (Wildman–Crippen LogP) is 5.24. The Hall–Kier alpha value is -3.18. The molecule has 1 fully saturated rings. The number of rotatable bonds is 8. The van der Waals surface area contributed by atoms with Gasteiger partial charge in [0, 0.05) is 11.6 Å². The van der Waals surface area contributed by atoms with Gasteiger partial charge in [-0.3, -0.25) is 4.79 Å². The van der Waals surface area contributed by atoms with Gasteiger partial charge in [-0.05, 0) is 54.3 Å². The van der Waals surface area contributed by atoms with E-state index in [1.54, 1.807) is 14.2 Å². The van der Waals surface area contributed by atoms with E-state index in [1.165, 1.54) is 0 Å². The van der Waals surface area contributed by atoms with Crippen molar-refractivity contribution in [2.45, 2.75) is 25.5 Å². The van der Waals surface area contributed by atoms with Crippen molar-refractivity contribution < 1.29 is 19.0 Å². The van der Waals surface area contributed by atoms with Gasteiger partial charge in [-0.25, -0.2) is 0 Å². The first-order valence-electron chi connectivity index (χ1n) is 10.5. The van der Waals surface area contributed by atoms with Gasteiger partial charge in [0.2, 0.25) is 6.10 Å². The number of amides is 1. The van der Waals surface area contributed by atoms with E-state index in [0.717, 1.165) is 16.7 Å². The first kappa shape index (κ1) is 22.0. The van der Waals surface area contributed by atoms with E-state index in [-0.39, 0.29) is 11.9 Å². The standard InChI is InChI=1S/C26H26ClNO4/c1-17-8-4-7-11-21(17)32-25-24(19-9-5-6-10-20(19)27)28(26(25)29)15-14-18-12-13-22(30-2)23(16-18)31-3/h4-13,16,24-25H,14-15H2,1-3H3. The van der Waals surface area contributed by atoms with E-state index < -0.39 is 6.10 Å². The van der Waals surface area contributed by atoms with Crippen molar-refractivity contribution in [1.82, 2.24) is 4.90 Å².